The fourth-order valence-corrected chi connectivity index (χ4v) is 3.61. The summed E-state index contributed by atoms with van der Waals surface area (Å²) in [5, 5.41) is 4.45. The van der Waals surface area contributed by atoms with Crippen molar-refractivity contribution in [2.75, 3.05) is 31.1 Å². The summed E-state index contributed by atoms with van der Waals surface area (Å²) in [5.41, 5.74) is 1.70. The van der Waals surface area contributed by atoms with Crippen LogP contribution in [-0.2, 0) is 6.54 Å². The average molecular weight is 410 g/mol. The molecule has 29 heavy (non-hydrogen) atoms. The molecule has 1 aromatic carbocycles. The number of halogens is 1. The fraction of sp³-hybridized carbons (Fsp3) is 0.238. The zero-order valence-corrected chi connectivity index (χ0v) is 16.5. The minimum atomic E-state index is -0.319. The summed E-state index contributed by atoms with van der Waals surface area (Å²) in [6, 6.07) is 14.9. The highest BCUT2D eigenvalue weighted by molar-refractivity contribution is 6.33. The first-order valence-electron chi connectivity index (χ1n) is 9.38. The fourth-order valence-electron chi connectivity index (χ4n) is 3.35. The van der Waals surface area contributed by atoms with Crippen molar-refractivity contribution in [1.82, 2.24) is 19.7 Å². The molecule has 1 amide bonds. The lowest BCUT2D eigenvalue weighted by atomic mass is 10.2. The number of nitrogens with zero attached hydrogens (tertiary/aromatic N) is 5. The van der Waals surface area contributed by atoms with Gasteiger partial charge >= 0.3 is 0 Å². The number of amides is 1. The van der Waals surface area contributed by atoms with Crippen molar-refractivity contribution in [2.24, 2.45) is 0 Å². The highest BCUT2D eigenvalue weighted by Crippen LogP contribution is 2.23. The highest BCUT2D eigenvalue weighted by atomic mass is 35.5. The SMILES string of the molecule is O=C(c1ccccn1)N1CCN(c2cnn(Cc3ccccc3)c(=O)c2Cl)CC1. The number of rotatable bonds is 4. The summed E-state index contributed by atoms with van der Waals surface area (Å²) >= 11 is 6.39. The van der Waals surface area contributed by atoms with Gasteiger partial charge in [0.15, 0.2) is 0 Å². The molecular weight excluding hydrogens is 390 g/mol. The summed E-state index contributed by atoms with van der Waals surface area (Å²) in [6.45, 7) is 2.56. The maximum atomic E-state index is 12.7. The summed E-state index contributed by atoms with van der Waals surface area (Å²) in [6.07, 6.45) is 3.24. The molecule has 1 fully saturated rings. The maximum Gasteiger partial charge on any atom is 0.287 e. The Bertz CT molecular complexity index is 1050. The van der Waals surface area contributed by atoms with Crippen LogP contribution in [0, 0.1) is 0 Å². The van der Waals surface area contributed by atoms with Gasteiger partial charge in [-0.25, -0.2) is 4.68 Å². The van der Waals surface area contributed by atoms with Gasteiger partial charge in [0.05, 0.1) is 18.4 Å². The molecule has 1 aliphatic heterocycles. The number of aromatic nitrogens is 3. The molecule has 0 radical (unpaired) electrons. The minimum absolute atomic E-state index is 0.0900. The molecular formula is C21H20ClN5O2. The number of carbonyl (C=O) groups excluding carboxylic acids is 1. The van der Waals surface area contributed by atoms with Crippen LogP contribution >= 0.6 is 11.6 Å². The zero-order valence-electron chi connectivity index (χ0n) is 15.7. The van der Waals surface area contributed by atoms with Gasteiger partial charge in [-0.2, -0.15) is 5.10 Å². The van der Waals surface area contributed by atoms with Crippen molar-refractivity contribution in [3.05, 3.63) is 87.6 Å². The van der Waals surface area contributed by atoms with E-state index >= 15 is 0 Å². The van der Waals surface area contributed by atoms with Gasteiger partial charge in [0.1, 0.15) is 10.7 Å². The first-order valence-corrected chi connectivity index (χ1v) is 9.76. The monoisotopic (exact) mass is 409 g/mol. The Morgan fingerprint density at radius 3 is 2.41 bits per heavy atom. The minimum Gasteiger partial charge on any atom is -0.365 e. The third-order valence-electron chi connectivity index (χ3n) is 4.93. The predicted octanol–water partition coefficient (Wildman–Crippen LogP) is 2.30. The first kappa shape index (κ1) is 19.1. The van der Waals surface area contributed by atoms with Crippen molar-refractivity contribution >= 4 is 23.2 Å². The Morgan fingerprint density at radius 1 is 1.00 bits per heavy atom. The Hall–Kier alpha value is -3.19. The van der Waals surface area contributed by atoms with Crippen LogP contribution in [0.3, 0.4) is 0 Å². The van der Waals surface area contributed by atoms with Gasteiger partial charge < -0.3 is 9.80 Å². The quantitative estimate of drug-likeness (QED) is 0.661. The van der Waals surface area contributed by atoms with Crippen molar-refractivity contribution in [3.8, 4) is 0 Å². The van der Waals surface area contributed by atoms with Crippen molar-refractivity contribution in [3.63, 3.8) is 0 Å². The molecule has 3 aromatic rings. The molecule has 1 saturated heterocycles. The summed E-state index contributed by atoms with van der Waals surface area (Å²) in [4.78, 5) is 33.1. The van der Waals surface area contributed by atoms with Crippen molar-refractivity contribution < 1.29 is 4.79 Å². The summed E-state index contributed by atoms with van der Waals surface area (Å²) in [7, 11) is 0. The second-order valence-corrected chi connectivity index (χ2v) is 7.16. The predicted molar refractivity (Wildman–Crippen MR) is 111 cm³/mol. The van der Waals surface area contributed by atoms with E-state index in [1.165, 1.54) is 4.68 Å². The van der Waals surface area contributed by atoms with Crippen molar-refractivity contribution in [1.29, 1.82) is 0 Å². The van der Waals surface area contributed by atoms with Crippen LogP contribution in [-0.4, -0.2) is 51.8 Å². The maximum absolute atomic E-state index is 12.7. The molecule has 0 aliphatic carbocycles. The molecule has 0 atom stereocenters. The van der Waals surface area contributed by atoms with Crippen LogP contribution in [0.15, 0.2) is 65.7 Å². The second kappa shape index (κ2) is 8.45. The molecule has 1 aliphatic rings. The van der Waals surface area contributed by atoms with Crippen LogP contribution in [0.1, 0.15) is 16.1 Å². The molecule has 2 aromatic heterocycles. The van der Waals surface area contributed by atoms with E-state index in [2.05, 4.69) is 10.1 Å². The van der Waals surface area contributed by atoms with E-state index < -0.39 is 0 Å². The number of carbonyl (C=O) groups is 1. The van der Waals surface area contributed by atoms with E-state index in [1.54, 1.807) is 35.5 Å². The van der Waals surface area contributed by atoms with E-state index in [9.17, 15) is 9.59 Å². The smallest absolute Gasteiger partial charge is 0.287 e. The molecule has 0 unspecified atom stereocenters. The van der Waals surface area contributed by atoms with Crippen LogP contribution < -0.4 is 10.5 Å². The lowest BCUT2D eigenvalue weighted by Gasteiger charge is -2.36. The van der Waals surface area contributed by atoms with E-state index in [0.717, 1.165) is 5.56 Å². The lowest BCUT2D eigenvalue weighted by Crippen LogP contribution is -2.49. The van der Waals surface area contributed by atoms with E-state index in [4.69, 9.17) is 11.6 Å². The normalized spacial score (nSPS) is 14.1. The van der Waals surface area contributed by atoms with Gasteiger partial charge in [-0.3, -0.25) is 14.6 Å². The number of benzene rings is 1. The molecule has 3 heterocycles. The van der Waals surface area contributed by atoms with Crippen LogP contribution in [0.4, 0.5) is 5.69 Å². The zero-order chi connectivity index (χ0) is 20.2. The van der Waals surface area contributed by atoms with E-state index in [1.807, 2.05) is 35.2 Å². The molecule has 7 nitrogen and oxygen atoms in total. The second-order valence-electron chi connectivity index (χ2n) is 6.79. The summed E-state index contributed by atoms with van der Waals surface area (Å²) in [5.74, 6) is -0.0900. The Morgan fingerprint density at radius 2 is 1.72 bits per heavy atom. The van der Waals surface area contributed by atoms with Gasteiger partial charge in [-0.15, -0.1) is 0 Å². The number of piperazine rings is 1. The molecule has 0 spiro atoms. The van der Waals surface area contributed by atoms with Crippen LogP contribution in [0.5, 0.6) is 0 Å². The number of anilines is 1. The van der Waals surface area contributed by atoms with Crippen LogP contribution in [0.2, 0.25) is 5.02 Å². The van der Waals surface area contributed by atoms with Gasteiger partial charge in [-0.1, -0.05) is 48.0 Å². The molecule has 4 rings (SSSR count). The third kappa shape index (κ3) is 4.14. The first-order chi connectivity index (χ1) is 14.1. The Labute approximate surface area is 173 Å². The Kier molecular flexibility index (Phi) is 5.57. The van der Waals surface area contributed by atoms with Gasteiger partial charge in [0.2, 0.25) is 0 Å². The molecule has 148 valence electrons. The van der Waals surface area contributed by atoms with Gasteiger partial charge in [-0.05, 0) is 17.7 Å². The number of hydrogen-bond acceptors (Lipinski definition) is 5. The standard InChI is InChI=1S/C21H20ClN5O2/c22-19-18(14-24-27(21(19)29)15-16-6-2-1-3-7-16)25-10-12-26(13-11-25)20(28)17-8-4-5-9-23-17/h1-9,14H,10-13,15H2. The largest absolute Gasteiger partial charge is 0.365 e. The van der Waals surface area contributed by atoms with E-state index in [0.29, 0.717) is 44.1 Å². The topological polar surface area (TPSA) is 71.3 Å². The number of pyridine rings is 1. The number of hydrogen-bond donors (Lipinski definition) is 0. The molecule has 0 N–H and O–H groups in total. The molecule has 0 saturated carbocycles. The average Bonchev–Trinajstić information content (AvgIpc) is 2.78. The lowest BCUT2D eigenvalue weighted by molar-refractivity contribution is 0.0741. The molecule has 0 bridgehead atoms. The van der Waals surface area contributed by atoms with Gasteiger partial charge in [0.25, 0.3) is 11.5 Å². The summed E-state index contributed by atoms with van der Waals surface area (Å²) < 4.78 is 1.36. The Balaban J connectivity index is 1.45. The molecule has 8 heteroatoms. The van der Waals surface area contributed by atoms with Crippen LogP contribution in [0.25, 0.3) is 0 Å². The third-order valence-corrected chi connectivity index (χ3v) is 5.29. The van der Waals surface area contributed by atoms with Gasteiger partial charge in [0, 0.05) is 32.4 Å². The van der Waals surface area contributed by atoms with E-state index in [-0.39, 0.29) is 16.5 Å². The van der Waals surface area contributed by atoms with Crippen molar-refractivity contribution in [2.45, 2.75) is 6.54 Å². The highest BCUT2D eigenvalue weighted by Gasteiger charge is 2.25.